The second-order valence-electron chi connectivity index (χ2n) is 9.04. The summed E-state index contributed by atoms with van der Waals surface area (Å²) in [6, 6.07) is 12.0. The number of furan rings is 1. The van der Waals surface area contributed by atoms with E-state index in [2.05, 4.69) is 10.1 Å². The van der Waals surface area contributed by atoms with Gasteiger partial charge in [-0.05, 0) is 61.4 Å². The number of aromatic nitrogens is 1. The van der Waals surface area contributed by atoms with E-state index in [-0.39, 0.29) is 21.4 Å². The third-order valence-electron chi connectivity index (χ3n) is 6.07. The number of anilines is 1. The average Bonchev–Trinajstić information content (AvgIpc) is 3.60. The molecule has 0 aliphatic carbocycles. The van der Waals surface area contributed by atoms with E-state index in [1.54, 1.807) is 0 Å². The Morgan fingerprint density at radius 2 is 1.78 bits per heavy atom. The van der Waals surface area contributed by atoms with Crippen molar-refractivity contribution >= 4 is 54.7 Å². The lowest BCUT2D eigenvalue weighted by molar-refractivity contribution is -0.402. The van der Waals surface area contributed by atoms with Crippen molar-refractivity contribution in [3.05, 3.63) is 81.9 Å². The SMILES string of the molecule is CCCCN(CCCC)S(=O)(=O)c1ccc(C(=O)N(/N=C/c2ccc([N+](=O)[O-])o2)c2nc3ccc(F)cc3s2)cc1. The van der Waals surface area contributed by atoms with E-state index in [0.29, 0.717) is 23.3 Å². The van der Waals surface area contributed by atoms with Crippen molar-refractivity contribution in [3.8, 4) is 0 Å². The number of amides is 1. The van der Waals surface area contributed by atoms with Crippen LogP contribution in [0.2, 0.25) is 0 Å². The van der Waals surface area contributed by atoms with Crippen molar-refractivity contribution in [2.75, 3.05) is 18.1 Å². The number of hydrazone groups is 1. The number of carbonyl (C=O) groups is 1. The van der Waals surface area contributed by atoms with Gasteiger partial charge in [0.15, 0.2) is 5.76 Å². The van der Waals surface area contributed by atoms with E-state index < -0.39 is 32.6 Å². The molecular weight excluding hydrogens is 573 g/mol. The zero-order valence-electron chi connectivity index (χ0n) is 22.4. The predicted molar refractivity (Wildman–Crippen MR) is 154 cm³/mol. The van der Waals surface area contributed by atoms with E-state index in [1.165, 1.54) is 52.8 Å². The van der Waals surface area contributed by atoms with Gasteiger partial charge in [0.25, 0.3) is 5.91 Å². The van der Waals surface area contributed by atoms with Crippen LogP contribution in [0.15, 0.2) is 69.0 Å². The van der Waals surface area contributed by atoms with E-state index >= 15 is 0 Å². The molecule has 2 heterocycles. The molecule has 0 radical (unpaired) electrons. The number of hydrogen-bond donors (Lipinski definition) is 0. The highest BCUT2D eigenvalue weighted by molar-refractivity contribution is 7.89. The smallest absolute Gasteiger partial charge is 0.400 e. The average molecular weight is 602 g/mol. The molecule has 0 atom stereocenters. The van der Waals surface area contributed by atoms with Gasteiger partial charge in [0.1, 0.15) is 10.7 Å². The third kappa shape index (κ3) is 7.01. The molecule has 1 amide bonds. The van der Waals surface area contributed by atoms with E-state index in [1.807, 2.05) is 13.8 Å². The van der Waals surface area contributed by atoms with Crippen molar-refractivity contribution in [1.82, 2.24) is 9.29 Å². The highest BCUT2D eigenvalue weighted by Gasteiger charge is 2.26. The number of thiazole rings is 1. The number of nitro groups is 1. The van der Waals surface area contributed by atoms with Crippen LogP contribution in [0.3, 0.4) is 0 Å². The maximum atomic E-state index is 13.8. The highest BCUT2D eigenvalue weighted by Crippen LogP contribution is 2.31. The van der Waals surface area contributed by atoms with Crippen LogP contribution in [0.1, 0.15) is 55.6 Å². The van der Waals surface area contributed by atoms with E-state index in [0.717, 1.165) is 54.3 Å². The number of halogens is 1. The van der Waals surface area contributed by atoms with Gasteiger partial charge in [-0.1, -0.05) is 38.0 Å². The van der Waals surface area contributed by atoms with Crippen LogP contribution in [0.25, 0.3) is 10.2 Å². The summed E-state index contributed by atoms with van der Waals surface area (Å²) in [5.41, 5.74) is 0.555. The van der Waals surface area contributed by atoms with Crippen molar-refractivity contribution in [2.24, 2.45) is 5.10 Å². The first-order valence-corrected chi connectivity index (χ1v) is 15.2. The molecule has 0 N–H and O–H groups in total. The molecule has 2 aromatic carbocycles. The summed E-state index contributed by atoms with van der Waals surface area (Å²) in [5.74, 6) is -1.61. The first-order valence-electron chi connectivity index (χ1n) is 12.9. The molecule has 216 valence electrons. The summed E-state index contributed by atoms with van der Waals surface area (Å²) in [6.07, 6.45) is 4.29. The summed E-state index contributed by atoms with van der Waals surface area (Å²) >= 11 is 1.01. The van der Waals surface area contributed by atoms with Gasteiger partial charge >= 0.3 is 5.88 Å². The van der Waals surface area contributed by atoms with E-state index in [4.69, 9.17) is 4.42 Å². The van der Waals surface area contributed by atoms with Gasteiger partial charge in [0.05, 0.1) is 27.4 Å². The van der Waals surface area contributed by atoms with Crippen LogP contribution < -0.4 is 5.01 Å². The summed E-state index contributed by atoms with van der Waals surface area (Å²) in [4.78, 5) is 28.3. The molecular formula is C27H28FN5O6S2. The van der Waals surface area contributed by atoms with Gasteiger partial charge < -0.3 is 4.42 Å². The van der Waals surface area contributed by atoms with Crippen LogP contribution in [0.5, 0.6) is 0 Å². The van der Waals surface area contributed by atoms with Crippen LogP contribution in [0, 0.1) is 15.9 Å². The number of nitrogens with zero attached hydrogens (tertiary/aromatic N) is 5. The fourth-order valence-electron chi connectivity index (χ4n) is 3.85. The lowest BCUT2D eigenvalue weighted by Crippen LogP contribution is -2.33. The Bertz CT molecular complexity index is 1660. The molecule has 11 nitrogen and oxygen atoms in total. The Hall–Kier alpha value is -4.01. The van der Waals surface area contributed by atoms with E-state index in [9.17, 15) is 27.7 Å². The molecule has 14 heteroatoms. The molecule has 0 unspecified atom stereocenters. The highest BCUT2D eigenvalue weighted by atomic mass is 32.2. The molecule has 0 aliphatic heterocycles. The normalized spacial score (nSPS) is 12.0. The maximum absolute atomic E-state index is 13.8. The third-order valence-corrected chi connectivity index (χ3v) is 8.97. The van der Waals surface area contributed by atoms with Crippen LogP contribution in [-0.4, -0.2) is 47.8 Å². The number of benzene rings is 2. The van der Waals surface area contributed by atoms with Gasteiger partial charge in [0, 0.05) is 18.7 Å². The predicted octanol–water partition coefficient (Wildman–Crippen LogP) is 6.21. The number of sulfonamides is 1. The number of carbonyl (C=O) groups excluding carboxylic acids is 1. The van der Waals surface area contributed by atoms with Gasteiger partial charge in [-0.25, -0.2) is 17.8 Å². The number of fused-ring (bicyclic) bond motifs is 1. The molecule has 0 spiro atoms. The zero-order chi connectivity index (χ0) is 29.6. The zero-order valence-corrected chi connectivity index (χ0v) is 24.0. The Balaban J connectivity index is 1.66. The van der Waals surface area contributed by atoms with Crippen LogP contribution >= 0.6 is 11.3 Å². The van der Waals surface area contributed by atoms with Gasteiger partial charge in [-0.2, -0.15) is 14.4 Å². The first kappa shape index (κ1) is 30.0. The van der Waals surface area contributed by atoms with Crippen LogP contribution in [-0.2, 0) is 10.0 Å². The Kier molecular flexibility index (Phi) is 9.57. The largest absolute Gasteiger partial charge is 0.433 e. The second-order valence-corrected chi connectivity index (χ2v) is 12.0. The molecule has 0 bridgehead atoms. The second kappa shape index (κ2) is 13.1. The molecule has 0 saturated heterocycles. The Morgan fingerprint density at radius 3 is 2.39 bits per heavy atom. The maximum Gasteiger partial charge on any atom is 0.433 e. The summed E-state index contributed by atoms with van der Waals surface area (Å²) in [5, 5.41) is 16.2. The number of hydrogen-bond acceptors (Lipinski definition) is 9. The minimum absolute atomic E-state index is 0.0161. The number of unbranched alkanes of at least 4 members (excludes halogenated alkanes) is 2. The fraction of sp³-hybridized carbons (Fsp3) is 0.296. The topological polar surface area (TPSA) is 139 Å². The minimum atomic E-state index is -3.77. The molecule has 4 aromatic rings. The van der Waals surface area contributed by atoms with Crippen LogP contribution in [0.4, 0.5) is 15.4 Å². The molecule has 0 saturated carbocycles. The van der Waals surface area contributed by atoms with Gasteiger partial charge in [-0.15, -0.1) is 0 Å². The lowest BCUT2D eigenvalue weighted by atomic mass is 10.2. The Morgan fingerprint density at radius 1 is 1.10 bits per heavy atom. The minimum Gasteiger partial charge on any atom is -0.400 e. The fourth-order valence-corrected chi connectivity index (χ4v) is 6.32. The van der Waals surface area contributed by atoms with Crippen molar-refractivity contribution in [3.63, 3.8) is 0 Å². The first-order chi connectivity index (χ1) is 19.6. The van der Waals surface area contributed by atoms with Crippen molar-refractivity contribution in [2.45, 2.75) is 44.4 Å². The summed E-state index contributed by atoms with van der Waals surface area (Å²) in [6.45, 7) is 4.80. The standard InChI is InChI=1S/C27H28FN5O6S2/c1-3-5-15-31(16-6-4-2)41(37,38)22-11-7-19(8-12-22)26(34)32(29-18-21-10-14-25(39-21)33(35)36)27-30-23-13-9-20(28)17-24(23)40-27/h7-14,17-18H,3-6,15-16H2,1-2H3/b29-18+. The summed E-state index contributed by atoms with van der Waals surface area (Å²) in [7, 11) is -3.77. The van der Waals surface area contributed by atoms with Gasteiger partial charge in [0.2, 0.25) is 15.2 Å². The number of rotatable bonds is 13. The molecule has 4 rings (SSSR count). The van der Waals surface area contributed by atoms with Crippen molar-refractivity contribution < 1.29 is 26.9 Å². The molecule has 0 aliphatic rings. The molecule has 2 aromatic heterocycles. The molecule has 0 fully saturated rings. The lowest BCUT2D eigenvalue weighted by Gasteiger charge is -2.22. The quantitative estimate of drug-likeness (QED) is 0.101. The molecule has 41 heavy (non-hydrogen) atoms. The Labute approximate surface area is 240 Å². The monoisotopic (exact) mass is 601 g/mol. The van der Waals surface area contributed by atoms with Gasteiger partial charge in [-0.3, -0.25) is 14.9 Å². The van der Waals surface area contributed by atoms with Crippen molar-refractivity contribution in [1.29, 1.82) is 0 Å². The summed E-state index contributed by atoms with van der Waals surface area (Å²) < 4.78 is 47.5.